The van der Waals surface area contributed by atoms with Crippen LogP contribution in [-0.2, 0) is 14.3 Å². The normalized spacial score (nSPS) is 18.9. The number of morpholine rings is 1. The van der Waals surface area contributed by atoms with Gasteiger partial charge in [0.15, 0.2) is 0 Å². The lowest BCUT2D eigenvalue weighted by Gasteiger charge is -2.40. The van der Waals surface area contributed by atoms with E-state index in [9.17, 15) is 9.59 Å². The molecule has 1 atom stereocenters. The minimum Gasteiger partial charge on any atom is -0.378 e. The third-order valence-corrected chi connectivity index (χ3v) is 8.56. The number of aliphatic imine (C=N–C) groups is 1. The molecule has 46 heavy (non-hydrogen) atoms. The Morgan fingerprint density at radius 1 is 0.957 bits per heavy atom. The Hall–Kier alpha value is -4.81. The van der Waals surface area contributed by atoms with Crippen molar-refractivity contribution in [1.29, 1.82) is 0 Å². The van der Waals surface area contributed by atoms with E-state index in [0.29, 0.717) is 13.2 Å². The van der Waals surface area contributed by atoms with Gasteiger partial charge >= 0.3 is 0 Å². The van der Waals surface area contributed by atoms with Crippen molar-refractivity contribution in [2.24, 2.45) is 4.99 Å². The molecule has 0 aliphatic carbocycles. The van der Waals surface area contributed by atoms with E-state index in [2.05, 4.69) is 49.9 Å². The molecule has 12 heteroatoms. The number of amides is 1. The molecular weight excluding hydrogens is 582 g/mol. The van der Waals surface area contributed by atoms with Crippen molar-refractivity contribution >= 4 is 29.7 Å². The highest BCUT2D eigenvalue weighted by Crippen LogP contribution is 2.34. The number of rotatable bonds is 7. The molecule has 0 radical (unpaired) electrons. The molecule has 3 aliphatic heterocycles. The fraction of sp³-hybridized carbons (Fsp3) is 0.382. The van der Waals surface area contributed by atoms with Crippen LogP contribution < -0.4 is 10.6 Å². The topological polar surface area (TPSA) is 143 Å². The van der Waals surface area contributed by atoms with Crippen molar-refractivity contribution in [2.45, 2.75) is 45.7 Å². The zero-order valence-corrected chi connectivity index (χ0v) is 26.5. The fourth-order valence-electron chi connectivity index (χ4n) is 6.11. The summed E-state index contributed by atoms with van der Waals surface area (Å²) in [5.74, 6) is 0.294. The van der Waals surface area contributed by atoms with E-state index in [0.717, 1.165) is 84.1 Å². The first kappa shape index (κ1) is 31.2. The van der Waals surface area contributed by atoms with Gasteiger partial charge < -0.3 is 15.4 Å². The molecule has 0 aromatic carbocycles. The number of ether oxygens (including phenoxy) is 1. The molecule has 0 bridgehead atoms. The standard InChI is InChI=1S/C34H39N9O3/c1-22(2)14-30(44)33(45)43-9-6-36-21-32(43)42-7-4-24(5-8-42)28-15-23(3)27(20-37-28)25-16-29(26-18-38-34(35)39-19-26)40-31(17-25)41-10-12-46-13-11-41/h6,9,14-21,24,32H,4-5,7-8,10-13H2,1-3H3,(H2,35,38,39). The summed E-state index contributed by atoms with van der Waals surface area (Å²) in [6, 6.07) is 6.36. The Morgan fingerprint density at radius 2 is 1.70 bits per heavy atom. The lowest BCUT2D eigenvalue weighted by molar-refractivity contribution is -0.143. The number of carbonyl (C=O) groups excluding carboxylic acids is 2. The molecule has 2 N–H and O–H groups in total. The van der Waals surface area contributed by atoms with E-state index >= 15 is 0 Å². The molecule has 3 aromatic heterocycles. The number of nitrogens with zero attached hydrogens (tertiary/aromatic N) is 8. The summed E-state index contributed by atoms with van der Waals surface area (Å²) in [5, 5.41) is 0. The van der Waals surface area contributed by atoms with Crippen LogP contribution in [0, 0.1) is 6.92 Å². The number of nitrogens with two attached hydrogens (primary N) is 1. The first-order valence-corrected chi connectivity index (χ1v) is 15.6. The largest absolute Gasteiger partial charge is 0.378 e. The minimum atomic E-state index is -0.552. The number of ketones is 1. The Balaban J connectivity index is 1.19. The van der Waals surface area contributed by atoms with Crippen molar-refractivity contribution in [3.8, 4) is 22.4 Å². The summed E-state index contributed by atoms with van der Waals surface area (Å²) in [4.78, 5) is 53.9. The maximum Gasteiger partial charge on any atom is 0.299 e. The number of pyridine rings is 2. The number of aromatic nitrogens is 4. The summed E-state index contributed by atoms with van der Waals surface area (Å²) in [7, 11) is 0. The van der Waals surface area contributed by atoms with Gasteiger partial charge in [0.25, 0.3) is 5.91 Å². The number of likely N-dealkylation sites (tertiary alicyclic amines) is 1. The van der Waals surface area contributed by atoms with Gasteiger partial charge in [0.1, 0.15) is 12.0 Å². The summed E-state index contributed by atoms with van der Waals surface area (Å²) >= 11 is 0. The molecule has 2 fully saturated rings. The second-order valence-corrected chi connectivity index (χ2v) is 12.1. The quantitative estimate of drug-likeness (QED) is 0.306. The third-order valence-electron chi connectivity index (χ3n) is 8.56. The average Bonchev–Trinajstić information content (AvgIpc) is 3.08. The number of anilines is 2. The number of nitrogen functional groups attached to an aromatic ring is 1. The minimum absolute atomic E-state index is 0.221. The van der Waals surface area contributed by atoms with Gasteiger partial charge in [0.05, 0.1) is 18.9 Å². The van der Waals surface area contributed by atoms with Crippen LogP contribution in [0.15, 0.2) is 65.8 Å². The predicted molar refractivity (Wildman–Crippen MR) is 177 cm³/mol. The van der Waals surface area contributed by atoms with Crippen molar-refractivity contribution in [3.05, 3.63) is 72.1 Å². The van der Waals surface area contributed by atoms with Crippen LogP contribution >= 0.6 is 0 Å². The van der Waals surface area contributed by atoms with Gasteiger partial charge in [0, 0.05) is 86.1 Å². The zero-order valence-electron chi connectivity index (χ0n) is 26.5. The highest BCUT2D eigenvalue weighted by Gasteiger charge is 2.33. The number of hydrogen-bond donors (Lipinski definition) is 1. The summed E-state index contributed by atoms with van der Waals surface area (Å²) in [6.07, 6.45) is 13.0. The van der Waals surface area contributed by atoms with Crippen LogP contribution in [0.4, 0.5) is 11.8 Å². The lowest BCUT2D eigenvalue weighted by Crippen LogP contribution is -2.54. The molecule has 6 rings (SSSR count). The number of hydrogen-bond acceptors (Lipinski definition) is 11. The van der Waals surface area contributed by atoms with Gasteiger partial charge in [-0.25, -0.2) is 15.0 Å². The molecule has 1 unspecified atom stereocenters. The predicted octanol–water partition coefficient (Wildman–Crippen LogP) is 3.75. The highest BCUT2D eigenvalue weighted by molar-refractivity contribution is 6.41. The van der Waals surface area contributed by atoms with Gasteiger partial charge in [-0.3, -0.25) is 29.4 Å². The van der Waals surface area contributed by atoms with Crippen molar-refractivity contribution < 1.29 is 14.3 Å². The SMILES string of the molecule is CC(C)=CC(=O)C(=O)N1C=CN=CC1N1CCC(c2cc(C)c(-c3cc(-c4cnc(N)nc4)nc(N4CCOCC4)c3)cn2)CC1. The molecule has 2 saturated heterocycles. The number of aryl methyl sites for hydroxylation is 1. The lowest BCUT2D eigenvalue weighted by atomic mass is 9.90. The van der Waals surface area contributed by atoms with Crippen molar-refractivity contribution in [2.75, 3.05) is 50.0 Å². The maximum absolute atomic E-state index is 12.9. The van der Waals surface area contributed by atoms with E-state index in [1.54, 1.807) is 44.9 Å². The van der Waals surface area contributed by atoms with Crippen LogP contribution in [0.1, 0.15) is 43.9 Å². The monoisotopic (exact) mass is 621 g/mol. The molecule has 6 heterocycles. The van der Waals surface area contributed by atoms with Gasteiger partial charge in [-0.05, 0) is 69.0 Å². The Bertz CT molecular complexity index is 1680. The van der Waals surface area contributed by atoms with Gasteiger partial charge in [-0.2, -0.15) is 0 Å². The second-order valence-electron chi connectivity index (χ2n) is 12.1. The Morgan fingerprint density at radius 3 is 2.39 bits per heavy atom. The molecule has 238 valence electrons. The zero-order chi connectivity index (χ0) is 32.2. The summed E-state index contributed by atoms with van der Waals surface area (Å²) < 4.78 is 5.57. The Kier molecular flexibility index (Phi) is 9.27. The molecule has 0 spiro atoms. The van der Waals surface area contributed by atoms with E-state index in [4.69, 9.17) is 20.4 Å². The van der Waals surface area contributed by atoms with E-state index in [1.165, 1.54) is 11.0 Å². The highest BCUT2D eigenvalue weighted by atomic mass is 16.5. The van der Waals surface area contributed by atoms with Crippen LogP contribution in [0.25, 0.3) is 22.4 Å². The average molecular weight is 622 g/mol. The first-order chi connectivity index (χ1) is 22.3. The van der Waals surface area contributed by atoms with Crippen LogP contribution in [0.3, 0.4) is 0 Å². The molecule has 0 saturated carbocycles. The molecule has 3 aromatic rings. The van der Waals surface area contributed by atoms with E-state index < -0.39 is 17.9 Å². The second kappa shape index (κ2) is 13.7. The number of carbonyl (C=O) groups is 2. The molecule has 3 aliphatic rings. The smallest absolute Gasteiger partial charge is 0.299 e. The number of allylic oxidation sites excluding steroid dienone is 1. The van der Waals surface area contributed by atoms with Crippen LogP contribution in [0.2, 0.25) is 0 Å². The Labute approximate surface area is 268 Å². The number of piperidine rings is 1. The molecule has 1 amide bonds. The summed E-state index contributed by atoms with van der Waals surface area (Å²) in [6.45, 7) is 10.1. The summed E-state index contributed by atoms with van der Waals surface area (Å²) in [5.41, 5.74) is 12.3. The van der Waals surface area contributed by atoms with Crippen molar-refractivity contribution in [3.63, 3.8) is 0 Å². The first-order valence-electron chi connectivity index (χ1n) is 15.6. The van der Waals surface area contributed by atoms with E-state index in [1.807, 2.05) is 6.20 Å². The molecular formula is C34H39N9O3. The molecule has 12 nitrogen and oxygen atoms in total. The van der Waals surface area contributed by atoms with E-state index in [-0.39, 0.29) is 11.9 Å². The third kappa shape index (κ3) is 6.87. The van der Waals surface area contributed by atoms with Gasteiger partial charge in [-0.1, -0.05) is 5.57 Å². The van der Waals surface area contributed by atoms with Gasteiger partial charge in [-0.15, -0.1) is 0 Å². The van der Waals surface area contributed by atoms with Crippen LogP contribution in [0.5, 0.6) is 0 Å². The van der Waals surface area contributed by atoms with Crippen LogP contribution in [-0.4, -0.2) is 93.2 Å². The van der Waals surface area contributed by atoms with Gasteiger partial charge in [0.2, 0.25) is 11.7 Å². The fourth-order valence-corrected chi connectivity index (χ4v) is 6.11. The maximum atomic E-state index is 12.9. The van der Waals surface area contributed by atoms with Crippen molar-refractivity contribution in [1.82, 2.24) is 29.7 Å².